The Labute approximate surface area is 136 Å². The zero-order valence-corrected chi connectivity index (χ0v) is 13.9. The Balaban J connectivity index is 1.87. The number of nitrogens with two attached hydrogens (primary N) is 1. The summed E-state index contributed by atoms with van der Waals surface area (Å²) in [4.78, 5) is 28.5. The average Bonchev–Trinajstić information content (AvgIpc) is 2.70. The standard InChI is InChI=1S/C17H25N3O3/c1-11-15(13-5-3-4-6-14(13)23-11)17(22)20-8-7-19(2)9-12(10-20)16(18)21/h12H,3-10H2,1-2H3,(H2,18,21)/t12-/m1/s1. The predicted molar refractivity (Wildman–Crippen MR) is 86.2 cm³/mol. The minimum Gasteiger partial charge on any atom is -0.465 e. The number of likely N-dealkylation sites (N-methyl/N-ethyl adjacent to an activating group) is 1. The van der Waals surface area contributed by atoms with E-state index in [0.29, 0.717) is 31.0 Å². The molecule has 2 amide bonds. The molecule has 6 nitrogen and oxygen atoms in total. The third-order valence-corrected chi connectivity index (χ3v) is 4.98. The Morgan fingerprint density at radius 2 is 1.91 bits per heavy atom. The fourth-order valence-corrected chi connectivity index (χ4v) is 3.68. The van der Waals surface area contributed by atoms with E-state index in [1.165, 1.54) is 0 Å². The number of nitrogens with zero attached hydrogens (tertiary/aromatic N) is 2. The van der Waals surface area contributed by atoms with E-state index in [2.05, 4.69) is 4.90 Å². The molecule has 1 aromatic rings. The first-order valence-electron chi connectivity index (χ1n) is 8.35. The van der Waals surface area contributed by atoms with Gasteiger partial charge in [-0.05, 0) is 33.2 Å². The van der Waals surface area contributed by atoms with E-state index in [9.17, 15) is 9.59 Å². The zero-order valence-electron chi connectivity index (χ0n) is 13.9. The molecule has 6 heteroatoms. The quantitative estimate of drug-likeness (QED) is 0.880. The number of carbonyl (C=O) groups is 2. The van der Waals surface area contributed by atoms with Crippen LogP contribution >= 0.6 is 0 Å². The number of primary amides is 1. The summed E-state index contributed by atoms with van der Waals surface area (Å²) in [7, 11) is 1.95. The number of carbonyl (C=O) groups excluding carboxylic acids is 2. The lowest BCUT2D eigenvalue weighted by molar-refractivity contribution is -0.122. The van der Waals surface area contributed by atoms with Crippen molar-refractivity contribution in [1.29, 1.82) is 0 Å². The van der Waals surface area contributed by atoms with Crippen LogP contribution in [0.25, 0.3) is 0 Å². The van der Waals surface area contributed by atoms with Gasteiger partial charge in [-0.3, -0.25) is 9.59 Å². The molecule has 126 valence electrons. The van der Waals surface area contributed by atoms with Crippen molar-refractivity contribution in [3.63, 3.8) is 0 Å². The van der Waals surface area contributed by atoms with E-state index < -0.39 is 0 Å². The summed E-state index contributed by atoms with van der Waals surface area (Å²) >= 11 is 0. The lowest BCUT2D eigenvalue weighted by Crippen LogP contribution is -2.40. The predicted octanol–water partition coefficient (Wildman–Crippen LogP) is 0.956. The first-order valence-corrected chi connectivity index (χ1v) is 8.35. The van der Waals surface area contributed by atoms with Gasteiger partial charge >= 0.3 is 0 Å². The maximum Gasteiger partial charge on any atom is 0.257 e. The first kappa shape index (κ1) is 16.1. The Bertz CT molecular complexity index is 623. The van der Waals surface area contributed by atoms with E-state index >= 15 is 0 Å². The van der Waals surface area contributed by atoms with E-state index in [1.54, 1.807) is 4.90 Å². The fourth-order valence-electron chi connectivity index (χ4n) is 3.68. The van der Waals surface area contributed by atoms with Crippen LogP contribution in [0.5, 0.6) is 0 Å². The maximum atomic E-state index is 13.1. The highest BCUT2D eigenvalue weighted by molar-refractivity contribution is 5.97. The van der Waals surface area contributed by atoms with E-state index in [-0.39, 0.29) is 17.7 Å². The van der Waals surface area contributed by atoms with Crippen molar-refractivity contribution in [3.8, 4) is 0 Å². The van der Waals surface area contributed by atoms with Crippen LogP contribution in [-0.4, -0.2) is 54.8 Å². The molecule has 1 fully saturated rings. The van der Waals surface area contributed by atoms with Gasteiger partial charge in [0.2, 0.25) is 5.91 Å². The molecule has 1 saturated heterocycles. The molecule has 2 N–H and O–H groups in total. The van der Waals surface area contributed by atoms with E-state index in [1.807, 2.05) is 14.0 Å². The highest BCUT2D eigenvalue weighted by Crippen LogP contribution is 2.30. The molecular formula is C17H25N3O3. The fraction of sp³-hybridized carbons (Fsp3) is 0.647. The Kier molecular flexibility index (Phi) is 4.43. The lowest BCUT2D eigenvalue weighted by Gasteiger charge is -2.23. The molecule has 1 aliphatic heterocycles. The molecule has 0 radical (unpaired) electrons. The Hall–Kier alpha value is -1.82. The van der Waals surface area contributed by atoms with Gasteiger partial charge < -0.3 is 20.0 Å². The average molecular weight is 319 g/mol. The van der Waals surface area contributed by atoms with Crippen molar-refractivity contribution < 1.29 is 14.0 Å². The van der Waals surface area contributed by atoms with Gasteiger partial charge in [0.1, 0.15) is 11.5 Å². The van der Waals surface area contributed by atoms with Crippen molar-refractivity contribution in [3.05, 3.63) is 22.6 Å². The number of furan rings is 1. The molecular weight excluding hydrogens is 294 g/mol. The molecule has 0 bridgehead atoms. The van der Waals surface area contributed by atoms with Crippen LogP contribution in [0.15, 0.2) is 4.42 Å². The van der Waals surface area contributed by atoms with Crippen LogP contribution in [0.2, 0.25) is 0 Å². The molecule has 1 aliphatic carbocycles. The minimum atomic E-state index is -0.345. The summed E-state index contributed by atoms with van der Waals surface area (Å²) in [5.74, 6) is 0.985. The van der Waals surface area contributed by atoms with Crippen molar-refractivity contribution in [2.45, 2.75) is 32.6 Å². The molecule has 0 aromatic carbocycles. The summed E-state index contributed by atoms with van der Waals surface area (Å²) in [6, 6.07) is 0. The first-order chi connectivity index (χ1) is 11.0. The van der Waals surface area contributed by atoms with Gasteiger partial charge in [-0.1, -0.05) is 0 Å². The van der Waals surface area contributed by atoms with Gasteiger partial charge in [-0.2, -0.15) is 0 Å². The third-order valence-electron chi connectivity index (χ3n) is 4.98. The Morgan fingerprint density at radius 1 is 1.17 bits per heavy atom. The number of rotatable bonds is 2. The number of fused-ring (bicyclic) bond motifs is 1. The van der Waals surface area contributed by atoms with Gasteiger partial charge in [0, 0.05) is 38.2 Å². The molecule has 1 aromatic heterocycles. The van der Waals surface area contributed by atoms with Crippen molar-refractivity contribution in [2.24, 2.45) is 11.7 Å². The number of amides is 2. The second kappa shape index (κ2) is 6.35. The largest absolute Gasteiger partial charge is 0.465 e. The number of aryl methyl sites for hydroxylation is 2. The molecule has 3 rings (SSSR count). The van der Waals surface area contributed by atoms with Gasteiger partial charge in [0.05, 0.1) is 11.5 Å². The lowest BCUT2D eigenvalue weighted by atomic mass is 9.94. The van der Waals surface area contributed by atoms with Gasteiger partial charge in [0.25, 0.3) is 5.91 Å². The van der Waals surface area contributed by atoms with Crippen LogP contribution in [0.3, 0.4) is 0 Å². The number of hydrogen-bond donors (Lipinski definition) is 1. The molecule has 1 atom stereocenters. The van der Waals surface area contributed by atoms with E-state index in [4.69, 9.17) is 10.2 Å². The molecule has 2 aliphatic rings. The minimum absolute atomic E-state index is 0.0176. The van der Waals surface area contributed by atoms with Crippen LogP contribution in [0.1, 0.15) is 40.3 Å². The van der Waals surface area contributed by atoms with Crippen LogP contribution in [0, 0.1) is 12.8 Å². The summed E-state index contributed by atoms with van der Waals surface area (Å²) < 4.78 is 5.83. The summed E-state index contributed by atoms with van der Waals surface area (Å²) in [6.07, 6.45) is 4.03. The van der Waals surface area contributed by atoms with Gasteiger partial charge in [-0.25, -0.2) is 0 Å². The molecule has 2 heterocycles. The second-order valence-electron chi connectivity index (χ2n) is 6.75. The maximum absolute atomic E-state index is 13.1. The van der Waals surface area contributed by atoms with Crippen LogP contribution in [-0.2, 0) is 17.6 Å². The number of hydrogen-bond acceptors (Lipinski definition) is 4. The molecule has 0 unspecified atom stereocenters. The van der Waals surface area contributed by atoms with Crippen molar-refractivity contribution >= 4 is 11.8 Å². The van der Waals surface area contributed by atoms with Gasteiger partial charge in [-0.15, -0.1) is 0 Å². The highest BCUT2D eigenvalue weighted by Gasteiger charge is 2.32. The SMILES string of the molecule is Cc1oc2c(c1C(=O)N1CCN(C)C[C@@H](C(N)=O)C1)CCCC2. The molecule has 0 saturated carbocycles. The normalized spacial score (nSPS) is 22.5. The van der Waals surface area contributed by atoms with Crippen LogP contribution < -0.4 is 5.73 Å². The third kappa shape index (κ3) is 3.13. The smallest absolute Gasteiger partial charge is 0.257 e. The molecule has 23 heavy (non-hydrogen) atoms. The summed E-state index contributed by atoms with van der Waals surface area (Å²) in [6.45, 7) is 4.20. The van der Waals surface area contributed by atoms with Gasteiger partial charge in [0.15, 0.2) is 0 Å². The molecule has 0 spiro atoms. The Morgan fingerprint density at radius 3 is 2.65 bits per heavy atom. The summed E-state index contributed by atoms with van der Waals surface area (Å²) in [5, 5.41) is 0. The van der Waals surface area contributed by atoms with E-state index in [0.717, 1.165) is 43.6 Å². The van der Waals surface area contributed by atoms with Crippen molar-refractivity contribution in [1.82, 2.24) is 9.80 Å². The topological polar surface area (TPSA) is 79.8 Å². The van der Waals surface area contributed by atoms with Crippen molar-refractivity contribution in [2.75, 3.05) is 33.2 Å². The highest BCUT2D eigenvalue weighted by atomic mass is 16.3. The zero-order chi connectivity index (χ0) is 16.6. The monoisotopic (exact) mass is 319 g/mol. The second-order valence-corrected chi connectivity index (χ2v) is 6.75. The summed E-state index contributed by atoms with van der Waals surface area (Å²) in [5.41, 5.74) is 7.29. The van der Waals surface area contributed by atoms with Crippen LogP contribution in [0.4, 0.5) is 0 Å².